The Morgan fingerprint density at radius 1 is 0.886 bits per heavy atom. The molecule has 0 N–H and O–H groups in total. The molecule has 178 valence electrons. The highest BCUT2D eigenvalue weighted by Gasteiger charge is 2.35. The molecule has 4 nitrogen and oxygen atoms in total. The third-order valence-electron chi connectivity index (χ3n) is 5.52. The molecule has 35 heavy (non-hydrogen) atoms. The molecule has 7 heteroatoms. The summed E-state index contributed by atoms with van der Waals surface area (Å²) in [6, 6.07) is 23.4. The molecule has 1 heterocycles. The summed E-state index contributed by atoms with van der Waals surface area (Å²) in [5.74, 6) is -0.963. The summed E-state index contributed by atoms with van der Waals surface area (Å²) < 4.78 is 51.7. The van der Waals surface area contributed by atoms with Crippen molar-refractivity contribution in [1.82, 2.24) is 4.98 Å². The Balaban J connectivity index is 1.86. The zero-order chi connectivity index (χ0) is 25.0. The number of hydrogen-bond donors (Lipinski definition) is 0. The number of methoxy groups -OCH3 is 1. The van der Waals surface area contributed by atoms with Crippen LogP contribution in [0.15, 0.2) is 84.9 Å². The minimum Gasteiger partial charge on any atom is -0.488 e. The molecule has 0 bridgehead atoms. The first-order valence-corrected chi connectivity index (χ1v) is 10.8. The second kappa shape index (κ2) is 10.0. The molecule has 0 amide bonds. The van der Waals surface area contributed by atoms with Crippen molar-refractivity contribution in [2.24, 2.45) is 0 Å². The summed E-state index contributed by atoms with van der Waals surface area (Å²) >= 11 is 0. The number of ether oxygens (including phenoxy) is 2. The van der Waals surface area contributed by atoms with Gasteiger partial charge in [-0.3, -0.25) is 0 Å². The third-order valence-corrected chi connectivity index (χ3v) is 5.52. The minimum atomic E-state index is -4.61. The van der Waals surface area contributed by atoms with Gasteiger partial charge >= 0.3 is 12.1 Å². The third kappa shape index (κ3) is 5.35. The number of aryl methyl sites for hydroxylation is 1. The summed E-state index contributed by atoms with van der Waals surface area (Å²) in [6.07, 6.45) is -4.61. The van der Waals surface area contributed by atoms with Crippen molar-refractivity contribution in [2.75, 3.05) is 7.11 Å². The molecule has 0 aliphatic rings. The molecule has 3 aromatic carbocycles. The fraction of sp³-hybridized carbons (Fsp3) is 0.143. The zero-order valence-electron chi connectivity index (χ0n) is 19.1. The summed E-state index contributed by atoms with van der Waals surface area (Å²) in [7, 11) is 1.24. The monoisotopic (exact) mass is 477 g/mol. The number of pyridine rings is 1. The SMILES string of the molecule is COC(=O)c1ccc(-c2ccccc2C)c(-c2ccc(C(F)(F)F)c(OCc3ccccc3)c2)n1. The van der Waals surface area contributed by atoms with Crippen molar-refractivity contribution >= 4 is 5.97 Å². The van der Waals surface area contributed by atoms with Crippen LogP contribution < -0.4 is 4.74 Å². The van der Waals surface area contributed by atoms with Gasteiger partial charge in [0, 0.05) is 11.1 Å². The number of benzene rings is 3. The molecule has 4 aromatic rings. The fourth-order valence-corrected chi connectivity index (χ4v) is 3.75. The summed E-state index contributed by atoms with van der Waals surface area (Å²) in [5, 5.41) is 0. The fourth-order valence-electron chi connectivity index (χ4n) is 3.75. The van der Waals surface area contributed by atoms with Crippen LogP contribution in [0.4, 0.5) is 13.2 Å². The lowest BCUT2D eigenvalue weighted by Gasteiger charge is -2.17. The lowest BCUT2D eigenvalue weighted by Crippen LogP contribution is -2.09. The molecular formula is C28H22F3NO3. The van der Waals surface area contributed by atoms with E-state index in [1.54, 1.807) is 30.3 Å². The largest absolute Gasteiger partial charge is 0.488 e. The van der Waals surface area contributed by atoms with Gasteiger partial charge < -0.3 is 9.47 Å². The van der Waals surface area contributed by atoms with Crippen LogP contribution in [0.3, 0.4) is 0 Å². The van der Waals surface area contributed by atoms with Crippen LogP contribution in [0, 0.1) is 6.92 Å². The van der Waals surface area contributed by atoms with E-state index in [0.29, 0.717) is 16.8 Å². The van der Waals surface area contributed by atoms with Gasteiger partial charge in [0.05, 0.1) is 18.4 Å². The minimum absolute atomic E-state index is 0.0341. The summed E-state index contributed by atoms with van der Waals surface area (Å²) in [5.41, 5.74) is 3.09. The normalized spacial score (nSPS) is 11.2. The predicted molar refractivity (Wildman–Crippen MR) is 127 cm³/mol. The number of nitrogens with zero attached hydrogens (tertiary/aromatic N) is 1. The number of esters is 1. The van der Waals surface area contributed by atoms with E-state index in [2.05, 4.69) is 4.98 Å². The molecule has 0 aliphatic heterocycles. The van der Waals surface area contributed by atoms with Crippen molar-refractivity contribution in [3.63, 3.8) is 0 Å². The Morgan fingerprint density at radius 3 is 2.29 bits per heavy atom. The van der Waals surface area contributed by atoms with Crippen molar-refractivity contribution < 1.29 is 27.4 Å². The van der Waals surface area contributed by atoms with Gasteiger partial charge in [-0.15, -0.1) is 0 Å². The van der Waals surface area contributed by atoms with Gasteiger partial charge in [0.2, 0.25) is 0 Å². The maximum absolute atomic E-state index is 13.8. The van der Waals surface area contributed by atoms with Crippen LogP contribution in [-0.2, 0) is 17.5 Å². The van der Waals surface area contributed by atoms with Gasteiger partial charge in [0.25, 0.3) is 0 Å². The lowest BCUT2D eigenvalue weighted by atomic mass is 9.95. The molecule has 0 radical (unpaired) electrons. The smallest absolute Gasteiger partial charge is 0.419 e. The number of halogens is 3. The van der Waals surface area contributed by atoms with Gasteiger partial charge in [-0.25, -0.2) is 9.78 Å². The van der Waals surface area contributed by atoms with E-state index in [4.69, 9.17) is 9.47 Å². The first-order valence-electron chi connectivity index (χ1n) is 10.8. The second-order valence-electron chi connectivity index (χ2n) is 7.88. The molecule has 0 saturated carbocycles. The molecule has 0 saturated heterocycles. The van der Waals surface area contributed by atoms with E-state index in [-0.39, 0.29) is 18.1 Å². The molecular weight excluding hydrogens is 455 g/mol. The Labute approximate surface area is 201 Å². The number of alkyl halides is 3. The Morgan fingerprint density at radius 2 is 1.60 bits per heavy atom. The van der Waals surface area contributed by atoms with E-state index in [9.17, 15) is 18.0 Å². The summed E-state index contributed by atoms with van der Waals surface area (Å²) in [4.78, 5) is 16.6. The van der Waals surface area contributed by atoms with Gasteiger partial charge in [-0.1, -0.05) is 60.7 Å². The summed E-state index contributed by atoms with van der Waals surface area (Å²) in [6.45, 7) is 1.89. The molecule has 4 rings (SSSR count). The van der Waals surface area contributed by atoms with Crippen molar-refractivity contribution in [1.29, 1.82) is 0 Å². The van der Waals surface area contributed by atoms with Crippen molar-refractivity contribution in [2.45, 2.75) is 19.7 Å². The van der Waals surface area contributed by atoms with Crippen LogP contribution in [0.2, 0.25) is 0 Å². The molecule has 0 fully saturated rings. The maximum atomic E-state index is 13.8. The van der Waals surface area contributed by atoms with Crippen LogP contribution in [0.1, 0.15) is 27.2 Å². The molecule has 0 unspecified atom stereocenters. The molecule has 0 aliphatic carbocycles. The number of hydrogen-bond acceptors (Lipinski definition) is 4. The maximum Gasteiger partial charge on any atom is 0.419 e. The highest BCUT2D eigenvalue weighted by molar-refractivity contribution is 5.91. The Hall–Kier alpha value is -4.13. The van der Waals surface area contributed by atoms with Crippen molar-refractivity contribution in [3.05, 3.63) is 107 Å². The quantitative estimate of drug-likeness (QED) is 0.278. The Bertz CT molecular complexity index is 1350. The van der Waals surface area contributed by atoms with Gasteiger partial charge in [-0.05, 0) is 47.9 Å². The molecule has 1 aromatic heterocycles. The predicted octanol–water partition coefficient (Wildman–Crippen LogP) is 7.11. The first-order chi connectivity index (χ1) is 16.8. The van der Waals surface area contributed by atoms with Crippen LogP contribution in [0.5, 0.6) is 5.75 Å². The van der Waals surface area contributed by atoms with E-state index >= 15 is 0 Å². The van der Waals surface area contributed by atoms with E-state index in [1.807, 2.05) is 37.3 Å². The van der Waals surface area contributed by atoms with Crippen LogP contribution in [0.25, 0.3) is 22.4 Å². The Kier molecular flexibility index (Phi) is 6.87. The van der Waals surface area contributed by atoms with E-state index in [0.717, 1.165) is 22.8 Å². The van der Waals surface area contributed by atoms with Gasteiger partial charge in [-0.2, -0.15) is 13.2 Å². The second-order valence-corrected chi connectivity index (χ2v) is 7.88. The standard InChI is InChI=1S/C28H22F3NO3/c1-18-8-6-7-11-21(18)22-13-15-24(27(33)34-2)32-26(22)20-12-14-23(28(29,30)31)25(16-20)35-17-19-9-4-3-5-10-19/h3-16H,17H2,1-2H3. The van der Waals surface area contributed by atoms with E-state index < -0.39 is 17.7 Å². The lowest BCUT2D eigenvalue weighted by molar-refractivity contribution is -0.139. The number of rotatable bonds is 6. The van der Waals surface area contributed by atoms with Gasteiger partial charge in [0.1, 0.15) is 18.1 Å². The van der Waals surface area contributed by atoms with Gasteiger partial charge in [0.15, 0.2) is 0 Å². The molecule has 0 spiro atoms. The van der Waals surface area contributed by atoms with Crippen molar-refractivity contribution in [3.8, 4) is 28.1 Å². The topological polar surface area (TPSA) is 48.4 Å². The highest BCUT2D eigenvalue weighted by atomic mass is 19.4. The average molecular weight is 477 g/mol. The number of carbonyl (C=O) groups excluding carboxylic acids is 1. The van der Waals surface area contributed by atoms with E-state index in [1.165, 1.54) is 25.3 Å². The number of aromatic nitrogens is 1. The van der Waals surface area contributed by atoms with Crippen LogP contribution >= 0.6 is 0 Å². The average Bonchev–Trinajstić information content (AvgIpc) is 2.87. The zero-order valence-corrected chi connectivity index (χ0v) is 19.1. The number of carbonyl (C=O) groups is 1. The first kappa shape index (κ1) is 24.0. The van der Waals surface area contributed by atoms with Crippen LogP contribution in [-0.4, -0.2) is 18.1 Å². The highest BCUT2D eigenvalue weighted by Crippen LogP contribution is 2.40. The molecule has 0 atom stereocenters.